The summed E-state index contributed by atoms with van der Waals surface area (Å²) in [6, 6.07) is 12.6. The van der Waals surface area contributed by atoms with Crippen LogP contribution in [0.5, 0.6) is 0 Å². The number of hydrogen-bond acceptors (Lipinski definition) is 3. The van der Waals surface area contributed by atoms with E-state index in [9.17, 15) is 13.2 Å². The maximum atomic E-state index is 12.6. The highest BCUT2D eigenvalue weighted by molar-refractivity contribution is 7.92. The lowest BCUT2D eigenvalue weighted by Gasteiger charge is -2.26. The van der Waals surface area contributed by atoms with Crippen LogP contribution in [-0.4, -0.2) is 20.6 Å². The molecule has 0 fully saturated rings. The van der Waals surface area contributed by atoms with E-state index in [-0.39, 0.29) is 17.0 Å². The van der Waals surface area contributed by atoms with Crippen LogP contribution in [0.3, 0.4) is 0 Å². The molecule has 1 aliphatic carbocycles. The van der Waals surface area contributed by atoms with E-state index in [4.69, 9.17) is 11.6 Å². The molecule has 0 unspecified atom stereocenters. The van der Waals surface area contributed by atoms with Gasteiger partial charge < -0.3 is 5.32 Å². The number of fused-ring (bicyclic) bond motifs is 1. The van der Waals surface area contributed by atoms with Gasteiger partial charge in [-0.25, -0.2) is 8.42 Å². The number of carbonyl (C=O) groups is 1. The van der Waals surface area contributed by atoms with Crippen molar-refractivity contribution in [2.45, 2.75) is 25.3 Å². The lowest BCUT2D eigenvalue weighted by Crippen LogP contribution is -2.31. The van der Waals surface area contributed by atoms with Gasteiger partial charge >= 0.3 is 0 Å². The molecule has 0 aliphatic heterocycles. The van der Waals surface area contributed by atoms with Crippen LogP contribution in [0.2, 0.25) is 5.02 Å². The molecule has 1 aliphatic rings. The normalized spacial score (nSPS) is 16.8. The fourth-order valence-electron chi connectivity index (χ4n) is 3.12. The minimum atomic E-state index is -3.39. The molecule has 0 saturated heterocycles. The zero-order chi connectivity index (χ0) is 18.0. The van der Waals surface area contributed by atoms with Crippen LogP contribution < -0.4 is 10.0 Å². The molecule has 0 heterocycles. The Hall–Kier alpha value is -2.05. The Morgan fingerprint density at radius 2 is 1.96 bits per heavy atom. The number of nitrogens with one attached hydrogen (secondary N) is 2. The van der Waals surface area contributed by atoms with E-state index < -0.39 is 10.0 Å². The number of hydrogen-bond donors (Lipinski definition) is 2. The number of sulfonamides is 1. The molecule has 0 bridgehead atoms. The summed E-state index contributed by atoms with van der Waals surface area (Å²) in [4.78, 5) is 12.6. The van der Waals surface area contributed by atoms with E-state index in [0.717, 1.165) is 31.1 Å². The summed E-state index contributed by atoms with van der Waals surface area (Å²) in [6.07, 6.45) is 3.98. The second kappa shape index (κ2) is 7.06. The van der Waals surface area contributed by atoms with E-state index in [1.54, 1.807) is 0 Å². The monoisotopic (exact) mass is 378 g/mol. The van der Waals surface area contributed by atoms with Crippen LogP contribution in [0.4, 0.5) is 5.69 Å². The van der Waals surface area contributed by atoms with Gasteiger partial charge in [0.25, 0.3) is 5.91 Å². The molecule has 1 atom stereocenters. The molecule has 2 N–H and O–H groups in total. The Morgan fingerprint density at radius 1 is 1.20 bits per heavy atom. The van der Waals surface area contributed by atoms with Gasteiger partial charge in [0.2, 0.25) is 10.0 Å². The topological polar surface area (TPSA) is 75.3 Å². The first-order valence-corrected chi connectivity index (χ1v) is 10.3. The van der Waals surface area contributed by atoms with Gasteiger partial charge in [0, 0.05) is 5.69 Å². The van der Waals surface area contributed by atoms with Crippen molar-refractivity contribution in [3.63, 3.8) is 0 Å². The number of amides is 1. The van der Waals surface area contributed by atoms with E-state index in [1.807, 2.05) is 18.2 Å². The Balaban J connectivity index is 1.78. The molecule has 3 rings (SSSR count). The van der Waals surface area contributed by atoms with Crippen molar-refractivity contribution in [2.24, 2.45) is 0 Å². The average molecular weight is 379 g/mol. The van der Waals surface area contributed by atoms with Crippen molar-refractivity contribution in [1.29, 1.82) is 0 Å². The van der Waals surface area contributed by atoms with Gasteiger partial charge in [0.1, 0.15) is 0 Å². The number of carbonyl (C=O) groups excluding carboxylic acids is 1. The second-order valence-electron chi connectivity index (χ2n) is 6.19. The molecular formula is C18H19ClN2O3S. The fraction of sp³-hybridized carbons (Fsp3) is 0.278. The van der Waals surface area contributed by atoms with E-state index in [2.05, 4.69) is 16.1 Å². The molecule has 0 aromatic heterocycles. The Labute approximate surface area is 152 Å². The van der Waals surface area contributed by atoms with Gasteiger partial charge in [-0.15, -0.1) is 0 Å². The summed E-state index contributed by atoms with van der Waals surface area (Å²) in [5, 5.41) is 3.24. The molecule has 132 valence electrons. The molecule has 2 aromatic rings. The van der Waals surface area contributed by atoms with E-state index in [1.165, 1.54) is 23.8 Å². The van der Waals surface area contributed by atoms with Gasteiger partial charge in [0.05, 0.1) is 22.9 Å². The van der Waals surface area contributed by atoms with Crippen molar-refractivity contribution >= 4 is 33.2 Å². The second-order valence-corrected chi connectivity index (χ2v) is 8.34. The molecule has 0 spiro atoms. The van der Waals surface area contributed by atoms with Gasteiger partial charge in [-0.1, -0.05) is 35.9 Å². The van der Waals surface area contributed by atoms with Gasteiger partial charge in [0.15, 0.2) is 0 Å². The highest BCUT2D eigenvalue weighted by Gasteiger charge is 2.22. The Bertz CT molecular complexity index is 912. The lowest BCUT2D eigenvalue weighted by molar-refractivity contribution is 0.0933. The Morgan fingerprint density at radius 3 is 2.68 bits per heavy atom. The first-order valence-electron chi connectivity index (χ1n) is 7.99. The quantitative estimate of drug-likeness (QED) is 0.854. The van der Waals surface area contributed by atoms with Crippen LogP contribution in [0, 0.1) is 0 Å². The Kier molecular flexibility index (Phi) is 5.01. The minimum Gasteiger partial charge on any atom is -0.345 e. The number of rotatable bonds is 4. The minimum absolute atomic E-state index is 0.0395. The number of halogens is 1. The maximum absolute atomic E-state index is 12.6. The summed E-state index contributed by atoms with van der Waals surface area (Å²) < 4.78 is 24.9. The number of aryl methyl sites for hydroxylation is 1. The average Bonchev–Trinajstić information content (AvgIpc) is 2.53. The summed E-state index contributed by atoms with van der Waals surface area (Å²) in [7, 11) is -3.39. The zero-order valence-electron chi connectivity index (χ0n) is 13.8. The highest BCUT2D eigenvalue weighted by Crippen LogP contribution is 2.30. The van der Waals surface area contributed by atoms with Crippen molar-refractivity contribution < 1.29 is 13.2 Å². The van der Waals surface area contributed by atoms with E-state index in [0.29, 0.717) is 11.3 Å². The number of anilines is 1. The zero-order valence-corrected chi connectivity index (χ0v) is 15.3. The fourth-order valence-corrected chi connectivity index (χ4v) is 3.94. The predicted octanol–water partition coefficient (Wildman–Crippen LogP) is 3.52. The molecule has 1 amide bonds. The first-order chi connectivity index (χ1) is 11.8. The molecule has 7 heteroatoms. The van der Waals surface area contributed by atoms with Crippen LogP contribution in [-0.2, 0) is 16.4 Å². The van der Waals surface area contributed by atoms with E-state index >= 15 is 0 Å². The van der Waals surface area contributed by atoms with Crippen molar-refractivity contribution in [1.82, 2.24) is 5.32 Å². The van der Waals surface area contributed by atoms with Crippen LogP contribution in [0.15, 0.2) is 42.5 Å². The number of benzene rings is 2. The molecule has 0 radical (unpaired) electrons. The smallest absolute Gasteiger partial charge is 0.253 e. The van der Waals surface area contributed by atoms with Crippen LogP contribution in [0.1, 0.15) is 40.4 Å². The first kappa shape index (κ1) is 17.8. The summed E-state index contributed by atoms with van der Waals surface area (Å²) in [5.41, 5.74) is 3.06. The summed E-state index contributed by atoms with van der Waals surface area (Å²) in [5.74, 6) is -0.266. The van der Waals surface area contributed by atoms with Crippen molar-refractivity contribution in [3.8, 4) is 0 Å². The largest absolute Gasteiger partial charge is 0.345 e. The van der Waals surface area contributed by atoms with Gasteiger partial charge in [-0.2, -0.15) is 0 Å². The van der Waals surface area contributed by atoms with Crippen molar-refractivity contribution in [2.75, 3.05) is 11.0 Å². The molecule has 5 nitrogen and oxygen atoms in total. The standard InChI is InChI=1S/C18H19ClN2O3S/c1-25(23,24)21-13-9-10-15(16(19)11-13)18(22)20-17-8-4-6-12-5-2-3-7-14(12)17/h2-3,5,7,9-11,17,21H,4,6,8H2,1H3,(H,20,22)/t17-/m1/s1. The molecule has 25 heavy (non-hydrogen) atoms. The van der Waals surface area contributed by atoms with Crippen molar-refractivity contribution in [3.05, 3.63) is 64.2 Å². The van der Waals surface area contributed by atoms with Crippen LogP contribution in [0.25, 0.3) is 0 Å². The van der Waals surface area contributed by atoms with Gasteiger partial charge in [-0.3, -0.25) is 9.52 Å². The predicted molar refractivity (Wildman–Crippen MR) is 99.5 cm³/mol. The molecule has 0 saturated carbocycles. The summed E-state index contributed by atoms with van der Waals surface area (Å²) >= 11 is 6.18. The molecular weight excluding hydrogens is 360 g/mol. The third kappa shape index (κ3) is 4.32. The third-order valence-corrected chi connectivity index (χ3v) is 5.11. The maximum Gasteiger partial charge on any atom is 0.253 e. The van der Waals surface area contributed by atoms with Gasteiger partial charge in [-0.05, 0) is 48.6 Å². The SMILES string of the molecule is CS(=O)(=O)Nc1ccc(C(=O)N[C@@H]2CCCc3ccccc32)c(Cl)c1. The van der Waals surface area contributed by atoms with Crippen LogP contribution >= 0.6 is 11.6 Å². The lowest BCUT2D eigenvalue weighted by atomic mass is 9.87. The third-order valence-electron chi connectivity index (χ3n) is 4.19. The molecule has 2 aromatic carbocycles. The summed E-state index contributed by atoms with van der Waals surface area (Å²) in [6.45, 7) is 0. The highest BCUT2D eigenvalue weighted by atomic mass is 35.5.